The quantitative estimate of drug-likeness (QED) is 0.639. The van der Waals surface area contributed by atoms with Crippen LogP contribution in [0.5, 0.6) is 0 Å². The van der Waals surface area contributed by atoms with Crippen LogP contribution < -0.4 is 10.6 Å². The van der Waals surface area contributed by atoms with Crippen molar-refractivity contribution >= 4 is 17.3 Å². The minimum Gasteiger partial charge on any atom is -0.368 e. The number of nitrogens with one attached hydrogen (secondary N) is 2. The van der Waals surface area contributed by atoms with Crippen molar-refractivity contribution in [2.75, 3.05) is 5.32 Å². The largest absolute Gasteiger partial charge is 0.368 e. The first-order chi connectivity index (χ1) is 9.38. The van der Waals surface area contributed by atoms with Crippen molar-refractivity contribution in [2.45, 2.75) is 31.8 Å². The first-order valence-electron chi connectivity index (χ1n) is 6.09. The Kier molecular flexibility index (Phi) is 3.82. The van der Waals surface area contributed by atoms with Crippen molar-refractivity contribution in [3.63, 3.8) is 0 Å². The smallest absolute Gasteiger partial charge is 0.327 e. The molecule has 2 N–H and O–H groups in total. The van der Waals surface area contributed by atoms with Crippen molar-refractivity contribution in [1.82, 2.24) is 5.32 Å². The lowest BCUT2D eigenvalue weighted by atomic mass is 10.2. The second-order valence-corrected chi connectivity index (χ2v) is 4.69. The van der Waals surface area contributed by atoms with Gasteiger partial charge in [-0.3, -0.25) is 14.9 Å². The van der Waals surface area contributed by atoms with Gasteiger partial charge in [0.05, 0.1) is 4.92 Å². The highest BCUT2D eigenvalue weighted by molar-refractivity contribution is 5.85. The van der Waals surface area contributed by atoms with Gasteiger partial charge in [0.15, 0.2) is 0 Å². The number of hydrogen-bond donors (Lipinski definition) is 2. The molecule has 0 aromatic heterocycles. The molecule has 1 unspecified atom stereocenters. The molecule has 0 saturated heterocycles. The van der Waals surface area contributed by atoms with E-state index in [1.807, 2.05) is 0 Å². The van der Waals surface area contributed by atoms with E-state index in [-0.39, 0.29) is 17.6 Å². The monoisotopic (exact) mass is 285 g/mol. The fourth-order valence-corrected chi connectivity index (χ4v) is 1.71. The van der Waals surface area contributed by atoms with E-state index in [4.69, 9.17) is 0 Å². The Bertz CT molecular complexity index is 561. The van der Waals surface area contributed by atoms with Crippen LogP contribution in [0.1, 0.15) is 19.8 Å². The van der Waals surface area contributed by atoms with Crippen molar-refractivity contribution in [3.05, 3.63) is 33.9 Å². The molecular formula is C12H13F2N3O3. The number of carbonyl (C=O) groups is 1. The predicted octanol–water partition coefficient (Wildman–Crippen LogP) is 1.95. The molecule has 1 aliphatic rings. The van der Waals surface area contributed by atoms with Gasteiger partial charge in [0, 0.05) is 18.2 Å². The lowest BCUT2D eigenvalue weighted by Crippen LogP contribution is -2.38. The van der Waals surface area contributed by atoms with E-state index in [1.165, 1.54) is 6.92 Å². The van der Waals surface area contributed by atoms with Crippen LogP contribution in [0.25, 0.3) is 0 Å². The standard InChI is InChI=1S/C12H13F2N3O3/c1-6(12(18)16-8-2-3-8)15-10-5-7(13)4-9(14)11(10)17(19)20/h4-6,8,15H,2-3H2,1H3,(H,16,18). The molecule has 1 saturated carbocycles. The van der Waals surface area contributed by atoms with Gasteiger partial charge >= 0.3 is 5.69 Å². The van der Waals surface area contributed by atoms with E-state index in [1.54, 1.807) is 0 Å². The van der Waals surface area contributed by atoms with Crippen molar-refractivity contribution < 1.29 is 18.5 Å². The first kappa shape index (κ1) is 14.2. The minimum atomic E-state index is -1.28. The zero-order valence-corrected chi connectivity index (χ0v) is 10.7. The summed E-state index contributed by atoms with van der Waals surface area (Å²) in [4.78, 5) is 21.6. The Morgan fingerprint density at radius 3 is 2.65 bits per heavy atom. The molecule has 2 rings (SSSR count). The normalized spacial score (nSPS) is 15.6. The van der Waals surface area contributed by atoms with E-state index in [0.29, 0.717) is 6.07 Å². The third kappa shape index (κ3) is 3.19. The highest BCUT2D eigenvalue weighted by Crippen LogP contribution is 2.29. The maximum atomic E-state index is 13.4. The molecule has 0 aliphatic heterocycles. The topological polar surface area (TPSA) is 84.3 Å². The molecule has 0 spiro atoms. The number of anilines is 1. The Hall–Kier alpha value is -2.25. The lowest BCUT2D eigenvalue weighted by Gasteiger charge is -2.15. The summed E-state index contributed by atoms with van der Waals surface area (Å²) in [6, 6.07) is 0.516. The van der Waals surface area contributed by atoms with Crippen LogP contribution in [-0.2, 0) is 4.79 Å². The molecule has 0 heterocycles. The molecule has 1 amide bonds. The molecule has 108 valence electrons. The maximum absolute atomic E-state index is 13.4. The summed E-state index contributed by atoms with van der Waals surface area (Å²) < 4.78 is 26.6. The third-order valence-corrected chi connectivity index (χ3v) is 2.90. The number of nitro groups is 1. The molecule has 0 radical (unpaired) electrons. The summed E-state index contributed by atoms with van der Waals surface area (Å²) in [6.45, 7) is 1.46. The van der Waals surface area contributed by atoms with Gasteiger partial charge in [0.2, 0.25) is 11.7 Å². The fourth-order valence-electron chi connectivity index (χ4n) is 1.71. The molecule has 1 aromatic rings. The van der Waals surface area contributed by atoms with Crippen molar-refractivity contribution in [3.8, 4) is 0 Å². The van der Waals surface area contributed by atoms with Crippen molar-refractivity contribution in [2.24, 2.45) is 0 Å². The van der Waals surface area contributed by atoms with Gasteiger partial charge < -0.3 is 10.6 Å². The van der Waals surface area contributed by atoms with E-state index in [0.717, 1.165) is 18.9 Å². The third-order valence-electron chi connectivity index (χ3n) is 2.90. The average molecular weight is 285 g/mol. The molecule has 1 aromatic carbocycles. The Balaban J connectivity index is 2.18. The first-order valence-corrected chi connectivity index (χ1v) is 6.09. The lowest BCUT2D eigenvalue weighted by molar-refractivity contribution is -0.386. The van der Waals surface area contributed by atoms with E-state index < -0.39 is 28.3 Å². The zero-order chi connectivity index (χ0) is 14.9. The highest BCUT2D eigenvalue weighted by atomic mass is 19.1. The molecule has 20 heavy (non-hydrogen) atoms. The predicted molar refractivity (Wildman–Crippen MR) is 67.3 cm³/mol. The van der Waals surface area contributed by atoms with E-state index in [2.05, 4.69) is 10.6 Å². The van der Waals surface area contributed by atoms with Crippen LogP contribution in [0.15, 0.2) is 12.1 Å². The van der Waals surface area contributed by atoms with E-state index >= 15 is 0 Å². The molecule has 1 atom stereocenters. The molecule has 8 heteroatoms. The van der Waals surface area contributed by atoms with Gasteiger partial charge in [-0.15, -0.1) is 0 Å². The summed E-state index contributed by atoms with van der Waals surface area (Å²) >= 11 is 0. The number of hydrogen-bond acceptors (Lipinski definition) is 4. The van der Waals surface area contributed by atoms with Crippen LogP contribution in [0.2, 0.25) is 0 Å². The van der Waals surface area contributed by atoms with Gasteiger partial charge in [-0.1, -0.05) is 0 Å². The Morgan fingerprint density at radius 2 is 2.10 bits per heavy atom. The maximum Gasteiger partial charge on any atom is 0.327 e. The molecular weight excluding hydrogens is 272 g/mol. The van der Waals surface area contributed by atoms with Gasteiger partial charge in [0.25, 0.3) is 0 Å². The van der Waals surface area contributed by atoms with Gasteiger partial charge in [-0.05, 0) is 19.8 Å². The number of amides is 1. The number of halogens is 2. The number of rotatable bonds is 5. The molecule has 1 aliphatic carbocycles. The van der Waals surface area contributed by atoms with Gasteiger partial charge in [-0.2, -0.15) is 4.39 Å². The zero-order valence-electron chi connectivity index (χ0n) is 10.7. The summed E-state index contributed by atoms with van der Waals surface area (Å²) in [6.07, 6.45) is 1.79. The van der Waals surface area contributed by atoms with Crippen LogP contribution in [0.4, 0.5) is 20.2 Å². The van der Waals surface area contributed by atoms with Crippen LogP contribution in [-0.4, -0.2) is 22.9 Å². The SMILES string of the molecule is CC(Nc1cc(F)cc(F)c1[N+](=O)[O-])C(=O)NC1CC1. The Labute approximate surface area is 113 Å². The van der Waals surface area contributed by atoms with Gasteiger partial charge in [0.1, 0.15) is 17.5 Å². The number of carbonyl (C=O) groups excluding carboxylic acids is 1. The number of nitro benzene ring substituents is 1. The molecule has 1 fully saturated rings. The summed E-state index contributed by atoms with van der Waals surface area (Å²) in [5.74, 6) is -2.61. The highest BCUT2D eigenvalue weighted by Gasteiger charge is 2.28. The number of benzene rings is 1. The van der Waals surface area contributed by atoms with Crippen molar-refractivity contribution in [1.29, 1.82) is 0 Å². The Morgan fingerprint density at radius 1 is 1.45 bits per heavy atom. The van der Waals surface area contributed by atoms with Gasteiger partial charge in [-0.25, -0.2) is 4.39 Å². The minimum absolute atomic E-state index is 0.131. The second-order valence-electron chi connectivity index (χ2n) is 4.69. The average Bonchev–Trinajstić information content (AvgIpc) is 3.10. The van der Waals surface area contributed by atoms with E-state index in [9.17, 15) is 23.7 Å². The molecule has 6 nitrogen and oxygen atoms in total. The number of nitrogens with zero attached hydrogens (tertiary/aromatic N) is 1. The van der Waals surface area contributed by atoms with Crippen LogP contribution in [0, 0.1) is 21.7 Å². The van der Waals surface area contributed by atoms with Crippen LogP contribution >= 0.6 is 0 Å². The fraction of sp³-hybridized carbons (Fsp3) is 0.417. The van der Waals surface area contributed by atoms with Crippen LogP contribution in [0.3, 0.4) is 0 Å². The summed E-state index contributed by atoms with van der Waals surface area (Å²) in [5.41, 5.74) is -1.23. The summed E-state index contributed by atoms with van der Waals surface area (Å²) in [5, 5.41) is 16.0. The summed E-state index contributed by atoms with van der Waals surface area (Å²) in [7, 11) is 0. The second kappa shape index (κ2) is 5.40. The molecule has 0 bridgehead atoms.